The number of carbonyl (C=O) groups is 3. The minimum Gasteiger partial charge on any atom is -0.469 e. The molecule has 1 aromatic rings. The Balaban J connectivity index is 2.63. The number of methoxy groups -OCH3 is 1. The number of hydrogen-bond donors (Lipinski definition) is 2. The summed E-state index contributed by atoms with van der Waals surface area (Å²) in [5.74, 6) is -1.05. The minimum absolute atomic E-state index is 0.164. The summed E-state index contributed by atoms with van der Waals surface area (Å²) in [5.41, 5.74) is 0.965. The van der Waals surface area contributed by atoms with Crippen LogP contribution in [-0.2, 0) is 19.1 Å². The van der Waals surface area contributed by atoms with Crippen LogP contribution in [0.3, 0.4) is 0 Å². The molecule has 0 aliphatic carbocycles. The summed E-state index contributed by atoms with van der Waals surface area (Å²) in [6.45, 7) is 1.66. The van der Waals surface area contributed by atoms with Crippen LogP contribution in [0.1, 0.15) is 25.3 Å². The molecule has 0 aliphatic heterocycles. The molecular weight excluding hydrogens is 284 g/mol. The second-order valence-corrected chi connectivity index (χ2v) is 4.59. The monoisotopic (exact) mass is 304 g/mol. The molecule has 118 valence electrons. The first-order valence-electron chi connectivity index (χ1n) is 6.92. The van der Waals surface area contributed by atoms with Crippen molar-refractivity contribution in [2.75, 3.05) is 13.7 Å². The summed E-state index contributed by atoms with van der Waals surface area (Å²) in [6, 6.07) is 9.19. The number of esters is 1. The first-order chi connectivity index (χ1) is 10.5. The number of nitrogens with one attached hydrogen (secondary N) is 2. The van der Waals surface area contributed by atoms with Gasteiger partial charge in [-0.1, -0.05) is 30.3 Å². The van der Waals surface area contributed by atoms with Crippen molar-refractivity contribution in [3.8, 4) is 0 Å². The van der Waals surface area contributed by atoms with Crippen molar-refractivity contribution >= 4 is 23.9 Å². The predicted molar refractivity (Wildman–Crippen MR) is 82.5 cm³/mol. The number of carbonyl (C=O) groups excluding carboxylic acids is 3. The molecular formula is C16H20N2O4. The van der Waals surface area contributed by atoms with Gasteiger partial charge >= 0.3 is 5.97 Å². The maximum atomic E-state index is 12.1. The van der Waals surface area contributed by atoms with E-state index in [0.29, 0.717) is 13.0 Å². The molecule has 0 atom stereocenters. The van der Waals surface area contributed by atoms with Crippen LogP contribution in [-0.4, -0.2) is 31.4 Å². The molecule has 0 spiro atoms. The van der Waals surface area contributed by atoms with Gasteiger partial charge in [-0.05, 0) is 18.1 Å². The third kappa shape index (κ3) is 6.69. The smallest absolute Gasteiger partial charge is 0.305 e. The zero-order valence-corrected chi connectivity index (χ0v) is 12.7. The number of ether oxygens (including phenoxy) is 1. The Morgan fingerprint density at radius 3 is 2.45 bits per heavy atom. The van der Waals surface area contributed by atoms with E-state index in [2.05, 4.69) is 15.4 Å². The largest absolute Gasteiger partial charge is 0.469 e. The summed E-state index contributed by atoms with van der Waals surface area (Å²) in [5, 5.41) is 5.17. The number of amides is 2. The van der Waals surface area contributed by atoms with Crippen LogP contribution in [0.4, 0.5) is 0 Å². The van der Waals surface area contributed by atoms with Gasteiger partial charge in [-0.15, -0.1) is 0 Å². The Morgan fingerprint density at radius 2 is 1.86 bits per heavy atom. The van der Waals surface area contributed by atoms with Crippen LogP contribution in [0, 0.1) is 0 Å². The van der Waals surface area contributed by atoms with E-state index >= 15 is 0 Å². The van der Waals surface area contributed by atoms with Crippen LogP contribution >= 0.6 is 0 Å². The molecule has 0 unspecified atom stereocenters. The molecule has 1 rings (SSSR count). The number of rotatable bonds is 7. The molecule has 0 saturated carbocycles. The maximum absolute atomic E-state index is 12.1. The van der Waals surface area contributed by atoms with Gasteiger partial charge in [-0.25, -0.2) is 0 Å². The molecule has 0 saturated heterocycles. The van der Waals surface area contributed by atoms with Crippen molar-refractivity contribution in [1.29, 1.82) is 0 Å². The highest BCUT2D eigenvalue weighted by Gasteiger charge is 2.11. The van der Waals surface area contributed by atoms with E-state index in [1.54, 1.807) is 6.08 Å². The van der Waals surface area contributed by atoms with Crippen LogP contribution < -0.4 is 10.6 Å². The molecule has 22 heavy (non-hydrogen) atoms. The van der Waals surface area contributed by atoms with E-state index < -0.39 is 5.91 Å². The Morgan fingerprint density at radius 1 is 1.18 bits per heavy atom. The Kier molecular flexibility index (Phi) is 7.39. The molecule has 6 nitrogen and oxygen atoms in total. The standard InChI is InChI=1S/C16H20N2O4/c1-12(19)18-14(11-13-7-4-3-5-8-13)16(21)17-10-6-9-15(20)22-2/h3-5,7-8,11H,6,9-10H2,1-2H3,(H,17,21)(H,18,19). The lowest BCUT2D eigenvalue weighted by atomic mass is 10.2. The van der Waals surface area contributed by atoms with Crippen molar-refractivity contribution in [1.82, 2.24) is 10.6 Å². The fourth-order valence-corrected chi connectivity index (χ4v) is 1.70. The van der Waals surface area contributed by atoms with Gasteiger partial charge < -0.3 is 15.4 Å². The first-order valence-corrected chi connectivity index (χ1v) is 6.92. The van der Waals surface area contributed by atoms with Crippen molar-refractivity contribution < 1.29 is 19.1 Å². The van der Waals surface area contributed by atoms with Gasteiger partial charge in [0.15, 0.2) is 0 Å². The Labute approximate surface area is 129 Å². The summed E-state index contributed by atoms with van der Waals surface area (Å²) in [6.07, 6.45) is 2.29. The van der Waals surface area contributed by atoms with Crippen LogP contribution in [0.2, 0.25) is 0 Å². The molecule has 0 heterocycles. The number of benzene rings is 1. The lowest BCUT2D eigenvalue weighted by Crippen LogP contribution is -2.34. The highest BCUT2D eigenvalue weighted by atomic mass is 16.5. The van der Waals surface area contributed by atoms with Gasteiger partial charge in [0, 0.05) is 19.9 Å². The molecule has 0 bridgehead atoms. The molecule has 0 radical (unpaired) electrons. The van der Waals surface area contributed by atoms with E-state index in [1.165, 1.54) is 14.0 Å². The molecule has 1 aromatic carbocycles. The van der Waals surface area contributed by atoms with Crippen LogP contribution in [0.15, 0.2) is 36.0 Å². The van der Waals surface area contributed by atoms with Gasteiger partial charge in [0.05, 0.1) is 7.11 Å². The lowest BCUT2D eigenvalue weighted by molar-refractivity contribution is -0.140. The maximum Gasteiger partial charge on any atom is 0.305 e. The van der Waals surface area contributed by atoms with Gasteiger partial charge in [-0.2, -0.15) is 0 Å². The SMILES string of the molecule is COC(=O)CCCNC(=O)C(=Cc1ccccc1)NC(C)=O. The molecule has 0 fully saturated rings. The quantitative estimate of drug-likeness (QED) is 0.451. The lowest BCUT2D eigenvalue weighted by Gasteiger charge is -2.09. The topological polar surface area (TPSA) is 84.5 Å². The van der Waals surface area contributed by atoms with Crippen molar-refractivity contribution in [3.63, 3.8) is 0 Å². The normalized spacial score (nSPS) is 10.7. The van der Waals surface area contributed by atoms with Gasteiger partial charge in [0.2, 0.25) is 5.91 Å². The third-order valence-electron chi connectivity index (χ3n) is 2.74. The van der Waals surface area contributed by atoms with E-state index in [-0.39, 0.29) is 24.0 Å². The zero-order chi connectivity index (χ0) is 16.4. The van der Waals surface area contributed by atoms with Gasteiger partial charge in [0.1, 0.15) is 5.70 Å². The number of hydrogen-bond acceptors (Lipinski definition) is 4. The predicted octanol–water partition coefficient (Wildman–Crippen LogP) is 1.23. The average Bonchev–Trinajstić information content (AvgIpc) is 2.51. The highest BCUT2D eigenvalue weighted by Crippen LogP contribution is 2.05. The molecule has 0 aliphatic rings. The van der Waals surface area contributed by atoms with Crippen LogP contribution in [0.25, 0.3) is 6.08 Å². The van der Waals surface area contributed by atoms with E-state index in [9.17, 15) is 14.4 Å². The fraction of sp³-hybridized carbons (Fsp3) is 0.312. The van der Waals surface area contributed by atoms with Crippen LogP contribution in [0.5, 0.6) is 0 Å². The summed E-state index contributed by atoms with van der Waals surface area (Å²) in [7, 11) is 1.32. The van der Waals surface area contributed by atoms with Crippen molar-refractivity contribution in [2.24, 2.45) is 0 Å². The third-order valence-corrected chi connectivity index (χ3v) is 2.74. The van der Waals surface area contributed by atoms with Gasteiger partial charge in [-0.3, -0.25) is 14.4 Å². The van der Waals surface area contributed by atoms with Gasteiger partial charge in [0.25, 0.3) is 5.91 Å². The van der Waals surface area contributed by atoms with E-state index in [1.807, 2.05) is 30.3 Å². The first kappa shape index (κ1) is 17.4. The highest BCUT2D eigenvalue weighted by molar-refractivity contribution is 6.00. The Hall–Kier alpha value is -2.63. The fourth-order valence-electron chi connectivity index (χ4n) is 1.70. The minimum atomic E-state index is -0.399. The second-order valence-electron chi connectivity index (χ2n) is 4.59. The average molecular weight is 304 g/mol. The summed E-state index contributed by atoms with van der Waals surface area (Å²) >= 11 is 0. The van der Waals surface area contributed by atoms with Crippen molar-refractivity contribution in [3.05, 3.63) is 41.6 Å². The van der Waals surface area contributed by atoms with E-state index in [0.717, 1.165) is 5.56 Å². The molecule has 6 heteroatoms. The Bertz CT molecular complexity index is 553. The summed E-state index contributed by atoms with van der Waals surface area (Å²) in [4.78, 5) is 34.3. The second kappa shape index (κ2) is 9.33. The molecule has 2 amide bonds. The van der Waals surface area contributed by atoms with Crippen molar-refractivity contribution in [2.45, 2.75) is 19.8 Å². The molecule has 0 aromatic heterocycles. The molecule has 2 N–H and O–H groups in total. The van der Waals surface area contributed by atoms with E-state index in [4.69, 9.17) is 0 Å². The summed E-state index contributed by atoms with van der Waals surface area (Å²) < 4.78 is 4.52. The zero-order valence-electron chi connectivity index (χ0n) is 12.7.